The number of aromatic carboxylic acids is 1. The lowest BCUT2D eigenvalue weighted by Crippen LogP contribution is -2.20. The van der Waals surface area contributed by atoms with E-state index in [4.69, 9.17) is 4.74 Å². The third-order valence-electron chi connectivity index (χ3n) is 4.25. The number of carboxylic acid groups (broad SMARTS) is 1. The van der Waals surface area contributed by atoms with Crippen molar-refractivity contribution in [1.29, 1.82) is 0 Å². The van der Waals surface area contributed by atoms with Crippen molar-refractivity contribution in [2.24, 2.45) is 0 Å². The second-order valence-corrected chi connectivity index (χ2v) is 6.26. The van der Waals surface area contributed by atoms with Crippen LogP contribution in [-0.4, -0.2) is 29.5 Å². The summed E-state index contributed by atoms with van der Waals surface area (Å²) < 4.78 is 5.38. The fraction of sp³-hybridized carbons (Fsp3) is 0.0870. The third-order valence-corrected chi connectivity index (χ3v) is 4.25. The highest BCUT2D eigenvalue weighted by Gasteiger charge is 2.18. The van der Waals surface area contributed by atoms with Crippen LogP contribution in [0.15, 0.2) is 72.8 Å². The van der Waals surface area contributed by atoms with Crippen molar-refractivity contribution in [2.75, 3.05) is 17.2 Å². The summed E-state index contributed by atoms with van der Waals surface area (Å²) >= 11 is 0. The Hall–Kier alpha value is -4.13. The van der Waals surface area contributed by atoms with Gasteiger partial charge in [0.1, 0.15) is 5.75 Å². The first-order valence-corrected chi connectivity index (χ1v) is 9.26. The van der Waals surface area contributed by atoms with Gasteiger partial charge >= 0.3 is 5.97 Å². The summed E-state index contributed by atoms with van der Waals surface area (Å²) in [7, 11) is 0. The minimum atomic E-state index is -1.21. The van der Waals surface area contributed by atoms with E-state index in [0.717, 1.165) is 0 Å². The molecule has 0 saturated carbocycles. The van der Waals surface area contributed by atoms with Crippen LogP contribution in [0.4, 0.5) is 11.4 Å². The van der Waals surface area contributed by atoms with E-state index in [1.54, 1.807) is 60.7 Å². The van der Waals surface area contributed by atoms with Crippen LogP contribution in [-0.2, 0) is 0 Å². The molecule has 0 bridgehead atoms. The Balaban J connectivity index is 1.79. The minimum absolute atomic E-state index is 0.00623. The lowest BCUT2D eigenvalue weighted by molar-refractivity contribution is 0.0692. The average molecular weight is 404 g/mol. The van der Waals surface area contributed by atoms with Gasteiger partial charge < -0.3 is 20.5 Å². The first-order chi connectivity index (χ1) is 14.5. The van der Waals surface area contributed by atoms with Gasteiger partial charge in [-0.2, -0.15) is 0 Å². The van der Waals surface area contributed by atoms with Gasteiger partial charge in [-0.1, -0.05) is 24.3 Å². The lowest BCUT2D eigenvalue weighted by atomic mass is 10.1. The van der Waals surface area contributed by atoms with Crippen molar-refractivity contribution in [3.8, 4) is 5.75 Å². The number of carbonyl (C=O) groups excluding carboxylic acids is 2. The molecule has 3 rings (SSSR count). The fourth-order valence-electron chi connectivity index (χ4n) is 2.85. The molecule has 7 nitrogen and oxygen atoms in total. The van der Waals surface area contributed by atoms with Crippen molar-refractivity contribution in [3.05, 3.63) is 89.5 Å². The maximum Gasteiger partial charge on any atom is 0.336 e. The van der Waals surface area contributed by atoms with Gasteiger partial charge in [0.05, 0.1) is 29.0 Å². The van der Waals surface area contributed by atoms with Crippen LogP contribution in [0.2, 0.25) is 0 Å². The number of anilines is 2. The minimum Gasteiger partial charge on any atom is -0.494 e. The molecule has 0 fully saturated rings. The molecule has 7 heteroatoms. The quantitative estimate of drug-likeness (QED) is 0.545. The fourth-order valence-corrected chi connectivity index (χ4v) is 2.85. The zero-order valence-electron chi connectivity index (χ0n) is 16.2. The number of para-hydroxylation sites is 1. The molecule has 3 aromatic carbocycles. The van der Waals surface area contributed by atoms with Crippen LogP contribution in [0, 0.1) is 0 Å². The Bertz CT molecular complexity index is 1080. The summed E-state index contributed by atoms with van der Waals surface area (Å²) in [4.78, 5) is 36.8. The highest BCUT2D eigenvalue weighted by atomic mass is 16.5. The molecule has 0 radical (unpaired) electrons. The van der Waals surface area contributed by atoms with Crippen LogP contribution >= 0.6 is 0 Å². The normalized spacial score (nSPS) is 10.2. The van der Waals surface area contributed by atoms with E-state index in [2.05, 4.69) is 10.6 Å². The lowest BCUT2D eigenvalue weighted by Gasteiger charge is -2.13. The van der Waals surface area contributed by atoms with Gasteiger partial charge in [-0.05, 0) is 55.5 Å². The van der Waals surface area contributed by atoms with Gasteiger partial charge in [0.25, 0.3) is 11.8 Å². The van der Waals surface area contributed by atoms with Crippen LogP contribution in [0.25, 0.3) is 0 Å². The van der Waals surface area contributed by atoms with Gasteiger partial charge in [-0.15, -0.1) is 0 Å². The third kappa shape index (κ3) is 4.82. The topological polar surface area (TPSA) is 105 Å². The molecule has 0 spiro atoms. The summed E-state index contributed by atoms with van der Waals surface area (Å²) in [5.41, 5.74) is 0.970. The molecule has 3 N–H and O–H groups in total. The molecule has 0 aromatic heterocycles. The Labute approximate surface area is 173 Å². The molecule has 0 aliphatic heterocycles. The van der Waals surface area contributed by atoms with Crippen molar-refractivity contribution in [1.82, 2.24) is 0 Å². The van der Waals surface area contributed by atoms with E-state index in [-0.39, 0.29) is 22.4 Å². The number of hydrogen-bond donors (Lipinski definition) is 3. The summed E-state index contributed by atoms with van der Waals surface area (Å²) in [6.45, 7) is 2.43. The monoisotopic (exact) mass is 404 g/mol. The van der Waals surface area contributed by atoms with Crippen LogP contribution < -0.4 is 15.4 Å². The number of benzene rings is 3. The molecule has 2 amide bonds. The average Bonchev–Trinajstić information content (AvgIpc) is 2.75. The summed E-state index contributed by atoms with van der Waals surface area (Å²) in [6.07, 6.45) is 0. The Morgan fingerprint density at radius 2 is 1.33 bits per heavy atom. The van der Waals surface area contributed by atoms with Crippen molar-refractivity contribution in [3.63, 3.8) is 0 Å². The van der Waals surface area contributed by atoms with Crippen molar-refractivity contribution >= 4 is 29.2 Å². The van der Waals surface area contributed by atoms with Crippen LogP contribution in [0.5, 0.6) is 5.75 Å². The van der Waals surface area contributed by atoms with Gasteiger partial charge in [0, 0.05) is 5.69 Å². The molecule has 0 aliphatic rings. The zero-order chi connectivity index (χ0) is 21.5. The van der Waals surface area contributed by atoms with E-state index in [9.17, 15) is 19.5 Å². The summed E-state index contributed by atoms with van der Waals surface area (Å²) in [5, 5.41) is 14.7. The van der Waals surface area contributed by atoms with Gasteiger partial charge in [0.15, 0.2) is 0 Å². The SMILES string of the molecule is CCOc1ccc(NC(=O)c2ccccc2NC(=O)c2ccccc2C(=O)O)cc1. The molecule has 152 valence electrons. The standard InChI is InChI=1S/C23H20N2O5/c1-2-30-16-13-11-15(12-14-16)24-22(27)19-9-5-6-10-20(19)25-21(26)17-7-3-4-8-18(17)23(28)29/h3-14H,2H2,1H3,(H,24,27)(H,25,26)(H,28,29). The number of carbonyl (C=O) groups is 3. The first kappa shape index (κ1) is 20.6. The largest absolute Gasteiger partial charge is 0.494 e. The highest BCUT2D eigenvalue weighted by molar-refractivity contribution is 6.14. The number of hydrogen-bond acceptors (Lipinski definition) is 4. The van der Waals surface area contributed by atoms with Crippen molar-refractivity contribution < 1.29 is 24.2 Å². The summed E-state index contributed by atoms with van der Waals surface area (Å²) in [6, 6.07) is 19.3. The predicted molar refractivity (Wildman–Crippen MR) is 113 cm³/mol. The second-order valence-electron chi connectivity index (χ2n) is 6.26. The molecule has 0 atom stereocenters. The molecule has 0 unspecified atom stereocenters. The molecule has 0 aliphatic carbocycles. The smallest absolute Gasteiger partial charge is 0.336 e. The first-order valence-electron chi connectivity index (χ1n) is 9.26. The van der Waals surface area contributed by atoms with Crippen molar-refractivity contribution in [2.45, 2.75) is 6.92 Å². The van der Waals surface area contributed by atoms with E-state index in [1.807, 2.05) is 6.92 Å². The van der Waals surface area contributed by atoms with Crippen LogP contribution in [0.3, 0.4) is 0 Å². The maximum atomic E-state index is 12.8. The maximum absolute atomic E-state index is 12.8. The Morgan fingerprint density at radius 1 is 0.767 bits per heavy atom. The second kappa shape index (κ2) is 9.38. The number of ether oxygens (including phenoxy) is 1. The molecule has 0 saturated heterocycles. The van der Waals surface area contributed by atoms with E-state index < -0.39 is 17.8 Å². The van der Waals surface area contributed by atoms with E-state index in [1.165, 1.54) is 12.1 Å². The Kier molecular flexibility index (Phi) is 6.44. The Morgan fingerprint density at radius 3 is 1.97 bits per heavy atom. The predicted octanol–water partition coefficient (Wildman–Crippen LogP) is 4.29. The van der Waals surface area contributed by atoms with E-state index >= 15 is 0 Å². The molecule has 0 heterocycles. The van der Waals surface area contributed by atoms with Gasteiger partial charge in [-0.25, -0.2) is 4.79 Å². The number of amides is 2. The number of rotatable bonds is 7. The van der Waals surface area contributed by atoms with Gasteiger partial charge in [-0.3, -0.25) is 9.59 Å². The molecular weight excluding hydrogens is 384 g/mol. The number of carboxylic acids is 1. The molecule has 3 aromatic rings. The van der Waals surface area contributed by atoms with Crippen LogP contribution in [0.1, 0.15) is 38.0 Å². The molecular formula is C23H20N2O5. The summed E-state index contributed by atoms with van der Waals surface area (Å²) in [5.74, 6) is -1.54. The molecule has 30 heavy (non-hydrogen) atoms. The highest BCUT2D eigenvalue weighted by Crippen LogP contribution is 2.21. The zero-order valence-corrected chi connectivity index (χ0v) is 16.2. The number of nitrogens with one attached hydrogen (secondary N) is 2. The van der Waals surface area contributed by atoms with E-state index in [0.29, 0.717) is 18.0 Å². The van der Waals surface area contributed by atoms with Gasteiger partial charge in [0.2, 0.25) is 0 Å².